The SMILES string of the molecule is O=C(CN1CN(c2ccccc2)C2(CCN(C(=O)c3cc(C(F)(F)F)cc(C(F)(F)F)c3)CC2)C1=O)N1CCCCC1. The molecule has 0 atom stereocenters. The van der Waals surface area contributed by atoms with Gasteiger partial charge in [0, 0.05) is 37.4 Å². The van der Waals surface area contributed by atoms with E-state index in [1.54, 1.807) is 17.0 Å². The number of carbonyl (C=O) groups excluding carboxylic acids is 3. The first-order valence-electron chi connectivity index (χ1n) is 13.8. The molecule has 5 rings (SSSR count). The van der Waals surface area contributed by atoms with Gasteiger partial charge in [0.1, 0.15) is 12.1 Å². The molecule has 3 saturated heterocycles. The molecule has 42 heavy (non-hydrogen) atoms. The molecule has 0 N–H and O–H groups in total. The maximum absolute atomic E-state index is 13.9. The molecular weight excluding hydrogens is 566 g/mol. The third-order valence-electron chi connectivity index (χ3n) is 8.33. The smallest absolute Gasteiger partial charge is 0.341 e. The first-order chi connectivity index (χ1) is 19.8. The average molecular weight is 597 g/mol. The van der Waals surface area contributed by atoms with Gasteiger partial charge >= 0.3 is 12.4 Å². The van der Waals surface area contributed by atoms with E-state index in [1.165, 1.54) is 9.80 Å². The Morgan fingerprint density at radius 1 is 0.762 bits per heavy atom. The molecule has 13 heteroatoms. The standard InChI is InChI=1S/C29H30F6N4O3/c30-28(31,32)21-15-20(16-22(17-21)29(33,34)35)25(41)37-13-9-27(10-14-37)26(42)38(18-24(40)36-11-5-2-6-12-36)19-39(27)23-7-3-1-4-8-23/h1,3-4,7-8,15-17H,2,5-6,9-14,18-19H2. The van der Waals surface area contributed by atoms with Gasteiger partial charge in [-0.1, -0.05) is 18.2 Å². The second-order valence-corrected chi connectivity index (χ2v) is 11.0. The Kier molecular flexibility index (Phi) is 7.88. The van der Waals surface area contributed by atoms with Gasteiger partial charge < -0.3 is 19.6 Å². The van der Waals surface area contributed by atoms with Gasteiger partial charge in [-0.05, 0) is 62.4 Å². The summed E-state index contributed by atoms with van der Waals surface area (Å²) in [6.07, 6.45) is -7.13. The van der Waals surface area contributed by atoms with Crippen molar-refractivity contribution in [2.45, 2.75) is 50.0 Å². The van der Waals surface area contributed by atoms with Crippen molar-refractivity contribution in [3.63, 3.8) is 0 Å². The molecule has 226 valence electrons. The lowest BCUT2D eigenvalue weighted by Crippen LogP contribution is -2.57. The van der Waals surface area contributed by atoms with Crippen molar-refractivity contribution < 1.29 is 40.7 Å². The number of hydrogen-bond donors (Lipinski definition) is 0. The molecule has 3 fully saturated rings. The summed E-state index contributed by atoms with van der Waals surface area (Å²) in [5.41, 5.74) is -4.25. The summed E-state index contributed by atoms with van der Waals surface area (Å²) in [5, 5.41) is 0. The normalized spacial score (nSPS) is 19.5. The van der Waals surface area contributed by atoms with Crippen molar-refractivity contribution in [3.8, 4) is 0 Å². The number of piperidine rings is 2. The first-order valence-corrected chi connectivity index (χ1v) is 13.8. The Balaban J connectivity index is 1.38. The fraction of sp³-hybridized carbons (Fsp3) is 0.483. The van der Waals surface area contributed by atoms with E-state index < -0.39 is 40.5 Å². The number of benzene rings is 2. The van der Waals surface area contributed by atoms with Crippen LogP contribution < -0.4 is 4.90 Å². The summed E-state index contributed by atoms with van der Waals surface area (Å²) in [5.74, 6) is -1.41. The van der Waals surface area contributed by atoms with Crippen molar-refractivity contribution in [2.75, 3.05) is 44.3 Å². The van der Waals surface area contributed by atoms with Gasteiger partial charge in [0.2, 0.25) is 5.91 Å². The zero-order chi connectivity index (χ0) is 30.3. The number of likely N-dealkylation sites (tertiary alicyclic amines) is 2. The number of para-hydroxylation sites is 1. The Hall–Kier alpha value is -3.77. The molecule has 1 spiro atoms. The van der Waals surface area contributed by atoms with Gasteiger partial charge in [0.05, 0.1) is 17.8 Å². The summed E-state index contributed by atoms with van der Waals surface area (Å²) in [6, 6.07) is 9.90. The van der Waals surface area contributed by atoms with Crippen LogP contribution in [0.2, 0.25) is 0 Å². The number of alkyl halides is 6. The molecule has 0 saturated carbocycles. The van der Waals surface area contributed by atoms with Crippen LogP contribution >= 0.6 is 0 Å². The Morgan fingerprint density at radius 2 is 1.33 bits per heavy atom. The van der Waals surface area contributed by atoms with Crippen LogP contribution in [0.25, 0.3) is 0 Å². The maximum atomic E-state index is 13.9. The number of nitrogens with zero attached hydrogens (tertiary/aromatic N) is 4. The van der Waals surface area contributed by atoms with Gasteiger partial charge in [-0.3, -0.25) is 14.4 Å². The van der Waals surface area contributed by atoms with Crippen LogP contribution in [-0.2, 0) is 21.9 Å². The van der Waals surface area contributed by atoms with Gasteiger partial charge in [0.25, 0.3) is 11.8 Å². The van der Waals surface area contributed by atoms with Gasteiger partial charge in [0.15, 0.2) is 0 Å². The Morgan fingerprint density at radius 3 is 1.88 bits per heavy atom. The molecule has 0 unspecified atom stereocenters. The van der Waals surface area contributed by atoms with E-state index in [0.717, 1.165) is 24.9 Å². The number of amides is 3. The van der Waals surface area contributed by atoms with E-state index in [2.05, 4.69) is 0 Å². The minimum atomic E-state index is -5.08. The van der Waals surface area contributed by atoms with Crippen molar-refractivity contribution in [3.05, 3.63) is 65.2 Å². The van der Waals surface area contributed by atoms with Crippen LogP contribution in [0.5, 0.6) is 0 Å². The topological polar surface area (TPSA) is 64.2 Å². The fourth-order valence-electron chi connectivity index (χ4n) is 6.07. The predicted octanol–water partition coefficient (Wildman–Crippen LogP) is 5.02. The van der Waals surface area contributed by atoms with E-state index in [-0.39, 0.29) is 57.0 Å². The molecule has 0 radical (unpaired) electrons. The lowest BCUT2D eigenvalue weighted by Gasteiger charge is -2.43. The van der Waals surface area contributed by atoms with Crippen molar-refractivity contribution in [1.82, 2.24) is 14.7 Å². The van der Waals surface area contributed by atoms with Crippen molar-refractivity contribution >= 4 is 23.4 Å². The Bertz CT molecular complexity index is 1300. The van der Waals surface area contributed by atoms with E-state index in [0.29, 0.717) is 25.2 Å². The van der Waals surface area contributed by atoms with Crippen LogP contribution in [0.15, 0.2) is 48.5 Å². The van der Waals surface area contributed by atoms with Gasteiger partial charge in [-0.15, -0.1) is 0 Å². The van der Waals surface area contributed by atoms with E-state index >= 15 is 0 Å². The zero-order valence-corrected chi connectivity index (χ0v) is 22.7. The lowest BCUT2D eigenvalue weighted by atomic mass is 9.85. The monoisotopic (exact) mass is 596 g/mol. The van der Waals surface area contributed by atoms with Crippen LogP contribution in [0.3, 0.4) is 0 Å². The summed E-state index contributed by atoms with van der Waals surface area (Å²) >= 11 is 0. The predicted molar refractivity (Wildman–Crippen MR) is 140 cm³/mol. The summed E-state index contributed by atoms with van der Waals surface area (Å²) in [6.45, 7) is 1.17. The second-order valence-electron chi connectivity index (χ2n) is 11.0. The zero-order valence-electron chi connectivity index (χ0n) is 22.7. The quantitative estimate of drug-likeness (QED) is 0.466. The van der Waals surface area contributed by atoms with Crippen LogP contribution in [0.1, 0.15) is 53.6 Å². The summed E-state index contributed by atoms with van der Waals surface area (Å²) < 4.78 is 80.2. The number of hydrogen-bond acceptors (Lipinski definition) is 4. The second kappa shape index (κ2) is 11.1. The Labute approximate surface area is 238 Å². The molecule has 2 aromatic carbocycles. The van der Waals surface area contributed by atoms with Crippen molar-refractivity contribution in [2.24, 2.45) is 0 Å². The average Bonchev–Trinajstić information content (AvgIpc) is 3.23. The molecule has 7 nitrogen and oxygen atoms in total. The molecule has 3 heterocycles. The molecular formula is C29H30F6N4O3. The highest BCUT2D eigenvalue weighted by Crippen LogP contribution is 2.41. The number of rotatable bonds is 4. The minimum Gasteiger partial charge on any atom is -0.341 e. The fourth-order valence-corrected chi connectivity index (χ4v) is 6.07. The molecule has 3 amide bonds. The number of carbonyl (C=O) groups is 3. The first kappa shape index (κ1) is 29.7. The van der Waals surface area contributed by atoms with Crippen LogP contribution in [0.4, 0.5) is 32.0 Å². The number of halogens is 6. The molecule has 2 aromatic rings. The lowest BCUT2D eigenvalue weighted by molar-refractivity contribution is -0.143. The third kappa shape index (κ3) is 5.78. The highest BCUT2D eigenvalue weighted by Gasteiger charge is 2.54. The van der Waals surface area contributed by atoms with Gasteiger partial charge in [-0.25, -0.2) is 0 Å². The highest BCUT2D eigenvalue weighted by atomic mass is 19.4. The molecule has 0 aliphatic carbocycles. The van der Waals surface area contributed by atoms with E-state index in [1.807, 2.05) is 23.1 Å². The van der Waals surface area contributed by atoms with Crippen LogP contribution in [-0.4, -0.2) is 77.4 Å². The van der Waals surface area contributed by atoms with Gasteiger partial charge in [-0.2, -0.15) is 26.3 Å². The maximum Gasteiger partial charge on any atom is 0.416 e. The minimum absolute atomic E-state index is 0.0172. The molecule has 0 bridgehead atoms. The van der Waals surface area contributed by atoms with E-state index in [4.69, 9.17) is 0 Å². The summed E-state index contributed by atoms with van der Waals surface area (Å²) in [4.78, 5) is 46.4. The molecule has 3 aliphatic rings. The highest BCUT2D eigenvalue weighted by molar-refractivity contribution is 5.98. The van der Waals surface area contributed by atoms with E-state index in [9.17, 15) is 40.7 Å². The number of anilines is 1. The summed E-state index contributed by atoms with van der Waals surface area (Å²) in [7, 11) is 0. The molecule has 0 aromatic heterocycles. The third-order valence-corrected chi connectivity index (χ3v) is 8.33. The largest absolute Gasteiger partial charge is 0.416 e. The van der Waals surface area contributed by atoms with Crippen LogP contribution in [0, 0.1) is 0 Å². The van der Waals surface area contributed by atoms with Crippen molar-refractivity contribution in [1.29, 1.82) is 0 Å². The molecule has 3 aliphatic heterocycles.